The van der Waals surface area contributed by atoms with Crippen LogP contribution in [0.2, 0.25) is 5.02 Å². The molecule has 0 radical (unpaired) electrons. The van der Waals surface area contributed by atoms with E-state index in [2.05, 4.69) is 51.5 Å². The number of hydrogen-bond acceptors (Lipinski definition) is 3. The van der Waals surface area contributed by atoms with Crippen molar-refractivity contribution >= 4 is 23.0 Å². The Hall–Kier alpha value is -1.71. The molecule has 2 aromatic carbocycles. The first-order valence-electron chi connectivity index (χ1n) is 8.38. The number of halogens is 1. The van der Waals surface area contributed by atoms with Crippen molar-refractivity contribution in [3.05, 3.63) is 59.1 Å². The molecule has 2 aromatic rings. The quantitative estimate of drug-likeness (QED) is 0.908. The van der Waals surface area contributed by atoms with E-state index in [-0.39, 0.29) is 0 Å². The lowest BCUT2D eigenvalue weighted by atomic mass is 10.2. The maximum absolute atomic E-state index is 6.02. The summed E-state index contributed by atoms with van der Waals surface area (Å²) in [4.78, 5) is 5.05. The van der Waals surface area contributed by atoms with E-state index in [9.17, 15) is 0 Å². The lowest BCUT2D eigenvalue weighted by molar-refractivity contribution is 0.319. The van der Waals surface area contributed by atoms with Crippen LogP contribution in [0.15, 0.2) is 48.5 Å². The molecule has 3 nitrogen and oxygen atoms in total. The third kappa shape index (κ3) is 3.17. The minimum absolute atomic E-state index is 0.334. The SMILES string of the molecule is Clc1ccc(CN2c3ccccc3NC2CN2CCCC2)cc1. The Morgan fingerprint density at radius 1 is 1.00 bits per heavy atom. The predicted octanol–water partition coefficient (Wildman–Crippen LogP) is 4.19. The van der Waals surface area contributed by atoms with Gasteiger partial charge in [0.15, 0.2) is 0 Å². The minimum Gasteiger partial charge on any atom is -0.362 e. The maximum Gasteiger partial charge on any atom is 0.112 e. The van der Waals surface area contributed by atoms with Gasteiger partial charge in [0.2, 0.25) is 0 Å². The van der Waals surface area contributed by atoms with E-state index in [1.54, 1.807) is 0 Å². The van der Waals surface area contributed by atoms with Crippen molar-refractivity contribution in [2.24, 2.45) is 0 Å². The zero-order chi connectivity index (χ0) is 15.6. The van der Waals surface area contributed by atoms with Crippen molar-refractivity contribution in [3.63, 3.8) is 0 Å². The van der Waals surface area contributed by atoms with Crippen molar-refractivity contribution in [3.8, 4) is 0 Å². The highest BCUT2D eigenvalue weighted by Gasteiger charge is 2.30. The van der Waals surface area contributed by atoms with E-state index >= 15 is 0 Å². The summed E-state index contributed by atoms with van der Waals surface area (Å²) >= 11 is 6.02. The highest BCUT2D eigenvalue weighted by molar-refractivity contribution is 6.30. The van der Waals surface area contributed by atoms with Gasteiger partial charge in [-0.25, -0.2) is 0 Å². The number of para-hydroxylation sites is 2. The van der Waals surface area contributed by atoms with Crippen molar-refractivity contribution in [2.45, 2.75) is 25.6 Å². The van der Waals surface area contributed by atoms with Gasteiger partial charge in [0, 0.05) is 18.1 Å². The molecule has 0 bridgehead atoms. The second-order valence-corrected chi connectivity index (χ2v) is 6.88. The zero-order valence-corrected chi connectivity index (χ0v) is 14.0. The van der Waals surface area contributed by atoms with E-state index in [4.69, 9.17) is 11.6 Å². The van der Waals surface area contributed by atoms with Gasteiger partial charge in [0.05, 0.1) is 11.4 Å². The number of fused-ring (bicyclic) bond motifs is 1. The number of nitrogens with one attached hydrogen (secondary N) is 1. The van der Waals surface area contributed by atoms with Gasteiger partial charge in [-0.2, -0.15) is 0 Å². The standard InChI is InChI=1S/C19H22ClN3/c20-16-9-7-15(8-10-16)13-23-18-6-2-1-5-17(18)21-19(23)14-22-11-3-4-12-22/h1-2,5-10,19,21H,3-4,11-14H2. The summed E-state index contributed by atoms with van der Waals surface area (Å²) in [5, 5.41) is 4.50. The lowest BCUT2D eigenvalue weighted by Gasteiger charge is -2.30. The van der Waals surface area contributed by atoms with Gasteiger partial charge in [-0.15, -0.1) is 0 Å². The van der Waals surface area contributed by atoms with Gasteiger partial charge in [-0.3, -0.25) is 4.90 Å². The summed E-state index contributed by atoms with van der Waals surface area (Å²) in [6.07, 6.45) is 2.99. The van der Waals surface area contributed by atoms with Crippen LogP contribution in [-0.2, 0) is 6.54 Å². The molecule has 4 heteroatoms. The first-order chi connectivity index (χ1) is 11.3. The summed E-state index contributed by atoms with van der Waals surface area (Å²) < 4.78 is 0. The first-order valence-corrected chi connectivity index (χ1v) is 8.76. The zero-order valence-electron chi connectivity index (χ0n) is 13.2. The summed E-state index contributed by atoms with van der Waals surface area (Å²) in [5.74, 6) is 0. The molecule has 2 aliphatic heterocycles. The summed E-state index contributed by atoms with van der Waals surface area (Å²) in [7, 11) is 0. The Morgan fingerprint density at radius 2 is 1.74 bits per heavy atom. The molecule has 0 amide bonds. The Kier molecular flexibility index (Phi) is 4.15. The van der Waals surface area contributed by atoms with Crippen LogP contribution >= 0.6 is 11.6 Å². The number of benzene rings is 2. The fourth-order valence-corrected chi connectivity index (χ4v) is 3.73. The number of anilines is 2. The molecule has 0 spiro atoms. The second kappa shape index (κ2) is 6.42. The highest BCUT2D eigenvalue weighted by Crippen LogP contribution is 2.36. The second-order valence-electron chi connectivity index (χ2n) is 6.44. The number of rotatable bonds is 4. The third-order valence-corrected chi connectivity index (χ3v) is 5.06. The highest BCUT2D eigenvalue weighted by atomic mass is 35.5. The molecular weight excluding hydrogens is 306 g/mol. The Balaban J connectivity index is 1.57. The number of likely N-dealkylation sites (tertiary alicyclic amines) is 1. The average molecular weight is 328 g/mol. The van der Waals surface area contributed by atoms with Gasteiger partial charge >= 0.3 is 0 Å². The van der Waals surface area contributed by atoms with E-state index in [0.717, 1.165) is 18.1 Å². The van der Waals surface area contributed by atoms with Crippen LogP contribution < -0.4 is 10.2 Å². The number of nitrogens with zero attached hydrogens (tertiary/aromatic N) is 2. The summed E-state index contributed by atoms with van der Waals surface area (Å²) in [6, 6.07) is 16.8. The van der Waals surface area contributed by atoms with E-state index in [0.29, 0.717) is 6.17 Å². The van der Waals surface area contributed by atoms with Crippen LogP contribution in [0.25, 0.3) is 0 Å². The Morgan fingerprint density at radius 3 is 2.52 bits per heavy atom. The fourth-order valence-electron chi connectivity index (χ4n) is 3.61. The van der Waals surface area contributed by atoms with Crippen LogP contribution in [0.3, 0.4) is 0 Å². The van der Waals surface area contributed by atoms with Crippen LogP contribution in [0.4, 0.5) is 11.4 Å². The fraction of sp³-hybridized carbons (Fsp3) is 0.368. The molecule has 0 aliphatic carbocycles. The molecule has 1 saturated heterocycles. The van der Waals surface area contributed by atoms with Crippen LogP contribution in [0, 0.1) is 0 Å². The van der Waals surface area contributed by atoms with E-state index in [1.165, 1.54) is 42.9 Å². The molecule has 4 rings (SSSR count). The van der Waals surface area contributed by atoms with Gasteiger partial charge in [0.1, 0.15) is 6.17 Å². The minimum atomic E-state index is 0.334. The van der Waals surface area contributed by atoms with Crippen molar-refractivity contribution in [2.75, 3.05) is 29.9 Å². The average Bonchev–Trinajstić information content (AvgIpc) is 3.19. The summed E-state index contributed by atoms with van der Waals surface area (Å²) in [6.45, 7) is 4.43. The number of hydrogen-bond donors (Lipinski definition) is 1. The molecule has 0 saturated carbocycles. The molecule has 1 fully saturated rings. The molecule has 2 heterocycles. The molecule has 23 heavy (non-hydrogen) atoms. The Labute approximate surface area is 142 Å². The van der Waals surface area contributed by atoms with Gasteiger partial charge < -0.3 is 10.2 Å². The topological polar surface area (TPSA) is 18.5 Å². The molecule has 2 aliphatic rings. The normalized spacial score (nSPS) is 20.6. The van der Waals surface area contributed by atoms with E-state index in [1.807, 2.05) is 12.1 Å². The van der Waals surface area contributed by atoms with Crippen LogP contribution in [0.5, 0.6) is 0 Å². The van der Waals surface area contributed by atoms with Gasteiger partial charge in [-0.05, 0) is 55.8 Å². The monoisotopic (exact) mass is 327 g/mol. The van der Waals surface area contributed by atoms with Gasteiger partial charge in [-0.1, -0.05) is 35.9 Å². The lowest BCUT2D eigenvalue weighted by Crippen LogP contribution is -2.44. The molecular formula is C19H22ClN3. The van der Waals surface area contributed by atoms with Crippen molar-refractivity contribution in [1.29, 1.82) is 0 Å². The van der Waals surface area contributed by atoms with Crippen molar-refractivity contribution < 1.29 is 0 Å². The first kappa shape index (κ1) is 14.9. The Bertz CT molecular complexity index is 665. The predicted molar refractivity (Wildman–Crippen MR) is 97.2 cm³/mol. The molecule has 1 atom stereocenters. The molecule has 120 valence electrons. The molecule has 0 aromatic heterocycles. The van der Waals surface area contributed by atoms with Crippen LogP contribution in [0.1, 0.15) is 18.4 Å². The molecule has 1 N–H and O–H groups in total. The van der Waals surface area contributed by atoms with Gasteiger partial charge in [0.25, 0.3) is 0 Å². The smallest absolute Gasteiger partial charge is 0.112 e. The van der Waals surface area contributed by atoms with Crippen molar-refractivity contribution in [1.82, 2.24) is 4.90 Å². The third-order valence-electron chi connectivity index (χ3n) is 4.81. The van der Waals surface area contributed by atoms with Crippen LogP contribution in [-0.4, -0.2) is 30.7 Å². The van der Waals surface area contributed by atoms with E-state index < -0.39 is 0 Å². The molecule has 1 unspecified atom stereocenters. The largest absolute Gasteiger partial charge is 0.362 e. The maximum atomic E-state index is 6.02. The summed E-state index contributed by atoms with van der Waals surface area (Å²) in [5.41, 5.74) is 3.83.